The number of ether oxygens (including phenoxy) is 1. The van der Waals surface area contributed by atoms with E-state index in [0.717, 1.165) is 22.3 Å². The molecular weight excluding hydrogens is 496 g/mol. The normalized spacial score (nSPS) is 13.9. The summed E-state index contributed by atoms with van der Waals surface area (Å²) in [5, 5.41) is 4.93. The second-order valence-corrected chi connectivity index (χ2v) is 13.2. The first-order valence-electron chi connectivity index (χ1n) is 11.9. The lowest BCUT2D eigenvalue weighted by atomic mass is 9.92. The average molecular weight is 531 g/mol. The van der Waals surface area contributed by atoms with Gasteiger partial charge in [-0.15, -0.1) is 4.72 Å². The Hall–Kier alpha value is -2.32. The van der Waals surface area contributed by atoms with Gasteiger partial charge in [0.1, 0.15) is 16.4 Å². The van der Waals surface area contributed by atoms with E-state index in [2.05, 4.69) is 15.9 Å². The van der Waals surface area contributed by atoms with Crippen LogP contribution in [0.15, 0.2) is 53.1 Å². The van der Waals surface area contributed by atoms with Gasteiger partial charge < -0.3 is 13.8 Å². The van der Waals surface area contributed by atoms with Crippen molar-refractivity contribution in [3.05, 3.63) is 76.1 Å². The van der Waals surface area contributed by atoms with Gasteiger partial charge in [-0.25, -0.2) is 0 Å². The summed E-state index contributed by atoms with van der Waals surface area (Å²) in [7, 11) is 0. The Morgan fingerprint density at radius 3 is 2.36 bits per heavy atom. The Bertz CT molecular complexity index is 1180. The van der Waals surface area contributed by atoms with Crippen molar-refractivity contribution in [2.24, 2.45) is 0 Å². The Morgan fingerprint density at radius 2 is 1.75 bits per heavy atom. The third kappa shape index (κ3) is 7.59. The molecule has 6 nitrogen and oxygen atoms in total. The second kappa shape index (κ2) is 11.4. The number of nitrogens with zero attached hydrogens (tertiary/aromatic N) is 1. The average Bonchev–Trinajstić information content (AvgIpc) is 3.14. The van der Waals surface area contributed by atoms with E-state index < -0.39 is 33.7 Å². The molecule has 194 valence electrons. The second-order valence-electron chi connectivity index (χ2n) is 10.8. The number of hydrogen-bond acceptors (Lipinski definition) is 6. The van der Waals surface area contributed by atoms with Crippen LogP contribution in [0.5, 0.6) is 0 Å². The number of carbonyl (C=O) groups excluding carboxylic acids is 1. The van der Waals surface area contributed by atoms with Crippen molar-refractivity contribution < 1.29 is 18.6 Å². The van der Waals surface area contributed by atoms with E-state index in [1.54, 1.807) is 0 Å². The van der Waals surface area contributed by atoms with Gasteiger partial charge in [-0.2, -0.15) is 0 Å². The number of esters is 1. The molecule has 0 bridgehead atoms. The molecule has 0 amide bonds. The first-order chi connectivity index (χ1) is 16.7. The highest BCUT2D eigenvalue weighted by Crippen LogP contribution is 2.37. The number of aromatic nitrogens is 1. The van der Waals surface area contributed by atoms with Crippen LogP contribution in [0, 0.1) is 6.92 Å². The molecule has 0 aliphatic carbocycles. The SMILES string of the molecule is Cc1noc([C@H](CC(=O)OC(C)(C)C)N[S@+]([O-])C(C)(C)C)c1-c1ccccc1Cc1ccc(Cl)cc1. The third-order valence-electron chi connectivity index (χ3n) is 5.40. The fourth-order valence-corrected chi connectivity index (χ4v) is 4.67. The maximum atomic E-state index is 13.1. The van der Waals surface area contributed by atoms with E-state index in [4.69, 9.17) is 20.9 Å². The maximum Gasteiger partial charge on any atom is 0.308 e. The lowest BCUT2D eigenvalue weighted by Gasteiger charge is -2.28. The molecule has 2 atom stereocenters. The zero-order chi connectivity index (χ0) is 26.7. The van der Waals surface area contributed by atoms with E-state index in [1.807, 2.05) is 90.9 Å². The van der Waals surface area contributed by atoms with E-state index in [1.165, 1.54) is 0 Å². The van der Waals surface area contributed by atoms with Crippen LogP contribution in [0.3, 0.4) is 0 Å². The van der Waals surface area contributed by atoms with Gasteiger partial charge in [0.05, 0.1) is 12.1 Å². The summed E-state index contributed by atoms with van der Waals surface area (Å²) in [5.74, 6) is 0.0416. The number of halogens is 1. The molecule has 3 rings (SSSR count). The van der Waals surface area contributed by atoms with E-state index >= 15 is 0 Å². The van der Waals surface area contributed by atoms with Crippen LogP contribution in [0.1, 0.15) is 76.6 Å². The minimum absolute atomic E-state index is 0.0555. The van der Waals surface area contributed by atoms with E-state index in [9.17, 15) is 9.35 Å². The van der Waals surface area contributed by atoms with Crippen molar-refractivity contribution in [3.63, 3.8) is 0 Å². The standard InChI is InChI=1S/C28H35ClN2O4S/c1-18-25(22-11-9-8-10-20(22)16-19-12-14-21(29)15-13-19)26(35-30-18)23(31-36(33)28(5,6)7)17-24(32)34-27(2,3)4/h8-15,23,31H,16-17H2,1-7H3/t23-,36+/m0/s1. The number of carbonyl (C=O) groups is 1. The van der Waals surface area contributed by atoms with E-state index in [-0.39, 0.29) is 6.42 Å². The minimum Gasteiger partial charge on any atom is -0.598 e. The zero-order valence-electron chi connectivity index (χ0n) is 22.0. The predicted molar refractivity (Wildman–Crippen MR) is 145 cm³/mol. The highest BCUT2D eigenvalue weighted by molar-refractivity contribution is 7.90. The summed E-state index contributed by atoms with van der Waals surface area (Å²) >= 11 is 4.61. The highest BCUT2D eigenvalue weighted by atomic mass is 35.5. The summed E-state index contributed by atoms with van der Waals surface area (Å²) in [6.45, 7) is 12.9. The minimum atomic E-state index is -1.46. The first kappa shape index (κ1) is 28.3. The van der Waals surface area contributed by atoms with Crippen LogP contribution in [0.2, 0.25) is 5.02 Å². The summed E-state index contributed by atoms with van der Waals surface area (Å²) < 4.78 is 27.0. The van der Waals surface area contributed by atoms with Gasteiger partial charge in [0, 0.05) is 21.9 Å². The molecule has 0 saturated carbocycles. The molecule has 0 spiro atoms. The first-order valence-corrected chi connectivity index (χ1v) is 13.5. The smallest absolute Gasteiger partial charge is 0.308 e. The van der Waals surface area contributed by atoms with Crippen molar-refractivity contribution in [1.82, 2.24) is 9.88 Å². The van der Waals surface area contributed by atoms with Crippen molar-refractivity contribution in [1.29, 1.82) is 0 Å². The molecule has 8 heteroatoms. The van der Waals surface area contributed by atoms with Crippen LogP contribution in [-0.4, -0.2) is 26.0 Å². The van der Waals surface area contributed by atoms with Gasteiger partial charge in [0.15, 0.2) is 5.76 Å². The number of benzene rings is 2. The molecule has 0 radical (unpaired) electrons. The van der Waals surface area contributed by atoms with Gasteiger partial charge in [0.2, 0.25) is 0 Å². The summed E-state index contributed by atoms with van der Waals surface area (Å²) in [6, 6.07) is 15.1. The van der Waals surface area contributed by atoms with Gasteiger partial charge in [0.25, 0.3) is 0 Å². The topological polar surface area (TPSA) is 87.4 Å². The maximum absolute atomic E-state index is 13.1. The number of hydrogen-bond donors (Lipinski definition) is 1. The van der Waals surface area contributed by atoms with Gasteiger partial charge in [-0.1, -0.05) is 53.2 Å². The molecule has 0 unspecified atom stereocenters. The van der Waals surface area contributed by atoms with Gasteiger partial charge in [-0.3, -0.25) is 4.79 Å². The number of aryl methyl sites for hydroxylation is 1. The van der Waals surface area contributed by atoms with E-state index in [0.29, 0.717) is 22.9 Å². The zero-order valence-corrected chi connectivity index (χ0v) is 23.5. The molecule has 1 aromatic heterocycles. The molecule has 0 aliphatic rings. The largest absolute Gasteiger partial charge is 0.598 e. The van der Waals surface area contributed by atoms with Crippen LogP contribution in [-0.2, 0) is 27.3 Å². The fraction of sp³-hybridized carbons (Fsp3) is 0.429. The highest BCUT2D eigenvalue weighted by Gasteiger charge is 2.36. The number of nitrogens with one attached hydrogen (secondary N) is 1. The summed E-state index contributed by atoms with van der Waals surface area (Å²) in [6.07, 6.45) is 0.621. The Labute approximate surface area is 222 Å². The van der Waals surface area contributed by atoms with Crippen LogP contribution in [0.25, 0.3) is 11.1 Å². The number of rotatable bonds is 8. The molecule has 0 saturated heterocycles. The quantitative estimate of drug-likeness (QED) is 0.257. The molecule has 3 aromatic rings. The lowest BCUT2D eigenvalue weighted by molar-refractivity contribution is -0.155. The fourth-order valence-electron chi connectivity index (χ4n) is 3.74. The predicted octanol–water partition coefficient (Wildman–Crippen LogP) is 6.72. The monoisotopic (exact) mass is 530 g/mol. The van der Waals surface area contributed by atoms with Crippen molar-refractivity contribution >= 4 is 28.9 Å². The van der Waals surface area contributed by atoms with Crippen LogP contribution < -0.4 is 4.72 Å². The van der Waals surface area contributed by atoms with Gasteiger partial charge >= 0.3 is 5.97 Å². The Balaban J connectivity index is 2.03. The molecule has 1 heterocycles. The third-order valence-corrected chi connectivity index (χ3v) is 7.26. The molecule has 1 N–H and O–H groups in total. The summed E-state index contributed by atoms with van der Waals surface area (Å²) in [4.78, 5) is 12.8. The van der Waals surface area contributed by atoms with Crippen molar-refractivity contribution in [2.75, 3.05) is 0 Å². The van der Waals surface area contributed by atoms with Crippen molar-refractivity contribution in [3.8, 4) is 11.1 Å². The molecule has 0 fully saturated rings. The lowest BCUT2D eigenvalue weighted by Crippen LogP contribution is -2.42. The van der Waals surface area contributed by atoms with Crippen LogP contribution >= 0.6 is 11.6 Å². The van der Waals surface area contributed by atoms with Crippen LogP contribution in [0.4, 0.5) is 0 Å². The molecular formula is C28H35ClN2O4S. The van der Waals surface area contributed by atoms with Crippen molar-refractivity contribution in [2.45, 2.75) is 77.7 Å². The molecule has 2 aromatic carbocycles. The summed E-state index contributed by atoms with van der Waals surface area (Å²) in [5.41, 5.74) is 3.95. The molecule has 36 heavy (non-hydrogen) atoms. The Kier molecular flexibility index (Phi) is 8.93. The van der Waals surface area contributed by atoms with Gasteiger partial charge in [-0.05, 0) is 83.7 Å². The molecule has 0 aliphatic heterocycles. The Morgan fingerprint density at radius 1 is 1.11 bits per heavy atom.